The monoisotopic (exact) mass is 348 g/mol. The zero-order chi connectivity index (χ0) is 16.2. The fourth-order valence-electron chi connectivity index (χ4n) is 2.18. The van der Waals surface area contributed by atoms with Gasteiger partial charge in [0, 0.05) is 41.4 Å². The average Bonchev–Trinajstić information content (AvgIpc) is 3.00. The molecule has 3 aromatic rings. The highest BCUT2D eigenvalue weighted by atomic mass is 35.5. The Morgan fingerprint density at radius 3 is 2.70 bits per heavy atom. The molecule has 0 fully saturated rings. The molecular formula is C16H14ClFN4S. The van der Waals surface area contributed by atoms with Crippen molar-refractivity contribution in [3.8, 4) is 10.8 Å². The molecule has 0 N–H and O–H groups in total. The van der Waals surface area contributed by atoms with Crippen molar-refractivity contribution >= 4 is 22.9 Å². The Hall–Kier alpha value is -1.89. The third-order valence-electron chi connectivity index (χ3n) is 3.23. The lowest BCUT2D eigenvalue weighted by atomic mass is 10.2. The lowest BCUT2D eigenvalue weighted by molar-refractivity contribution is 0.310. The molecule has 7 heteroatoms. The van der Waals surface area contributed by atoms with E-state index in [-0.39, 0.29) is 5.82 Å². The highest BCUT2D eigenvalue weighted by molar-refractivity contribution is 7.13. The molecule has 0 unspecified atom stereocenters. The van der Waals surface area contributed by atoms with Crippen molar-refractivity contribution < 1.29 is 4.39 Å². The SMILES string of the molecule is CN(Cc1csc(-c2ncccn2)n1)Cc1c(F)cccc1Cl. The van der Waals surface area contributed by atoms with Crippen molar-refractivity contribution in [2.45, 2.75) is 13.1 Å². The van der Waals surface area contributed by atoms with E-state index in [4.69, 9.17) is 11.6 Å². The summed E-state index contributed by atoms with van der Waals surface area (Å²) in [5.74, 6) is 0.324. The summed E-state index contributed by atoms with van der Waals surface area (Å²) in [4.78, 5) is 14.9. The molecule has 23 heavy (non-hydrogen) atoms. The Balaban J connectivity index is 1.69. The number of hydrogen-bond acceptors (Lipinski definition) is 5. The van der Waals surface area contributed by atoms with Crippen molar-refractivity contribution in [2.75, 3.05) is 7.05 Å². The summed E-state index contributed by atoms with van der Waals surface area (Å²) in [5, 5.41) is 3.18. The Bertz CT molecular complexity index is 774. The van der Waals surface area contributed by atoms with Crippen molar-refractivity contribution in [1.82, 2.24) is 19.9 Å². The molecule has 3 rings (SSSR count). The van der Waals surface area contributed by atoms with Crippen molar-refractivity contribution in [3.63, 3.8) is 0 Å². The van der Waals surface area contributed by atoms with Gasteiger partial charge < -0.3 is 0 Å². The first-order valence-corrected chi connectivity index (χ1v) is 8.22. The van der Waals surface area contributed by atoms with E-state index in [2.05, 4.69) is 15.0 Å². The normalized spacial score (nSPS) is 11.1. The minimum absolute atomic E-state index is 0.291. The lowest BCUT2D eigenvalue weighted by Gasteiger charge is -2.16. The molecule has 0 amide bonds. The van der Waals surface area contributed by atoms with Gasteiger partial charge in [-0.3, -0.25) is 4.90 Å². The number of halogens is 2. The molecule has 0 aliphatic carbocycles. The summed E-state index contributed by atoms with van der Waals surface area (Å²) >= 11 is 7.56. The quantitative estimate of drug-likeness (QED) is 0.698. The van der Waals surface area contributed by atoms with Crippen LogP contribution in [-0.2, 0) is 13.1 Å². The molecule has 2 aromatic heterocycles. The molecule has 118 valence electrons. The summed E-state index contributed by atoms with van der Waals surface area (Å²) in [6.45, 7) is 1.01. The molecule has 0 spiro atoms. The second kappa shape index (κ2) is 7.12. The summed E-state index contributed by atoms with van der Waals surface area (Å²) in [6, 6.07) is 6.49. The molecule has 0 radical (unpaired) electrons. The number of rotatable bonds is 5. The first-order chi connectivity index (χ1) is 11.1. The van der Waals surface area contributed by atoms with Crippen LogP contribution in [0.1, 0.15) is 11.3 Å². The molecule has 0 aliphatic heterocycles. The van der Waals surface area contributed by atoms with E-state index in [0.717, 1.165) is 10.7 Å². The van der Waals surface area contributed by atoms with E-state index in [0.29, 0.717) is 29.5 Å². The standard InChI is InChI=1S/C16H14ClFN4S/c1-22(9-12-13(17)4-2-5-14(12)18)8-11-10-23-16(21-11)15-19-6-3-7-20-15/h2-7,10H,8-9H2,1H3. The van der Waals surface area contributed by atoms with Crippen molar-refractivity contribution in [2.24, 2.45) is 0 Å². The fraction of sp³-hybridized carbons (Fsp3) is 0.188. The van der Waals surface area contributed by atoms with Gasteiger partial charge in [-0.1, -0.05) is 17.7 Å². The zero-order valence-electron chi connectivity index (χ0n) is 12.4. The van der Waals surface area contributed by atoms with Gasteiger partial charge in [0.2, 0.25) is 0 Å². The van der Waals surface area contributed by atoms with Gasteiger partial charge in [-0.05, 0) is 25.2 Å². The predicted octanol–water partition coefficient (Wildman–Crippen LogP) is 4.02. The summed E-state index contributed by atoms with van der Waals surface area (Å²) in [7, 11) is 1.90. The summed E-state index contributed by atoms with van der Waals surface area (Å²) in [6.07, 6.45) is 3.38. The number of nitrogens with zero attached hydrogens (tertiary/aromatic N) is 4. The molecule has 0 saturated heterocycles. The summed E-state index contributed by atoms with van der Waals surface area (Å²) < 4.78 is 13.8. The van der Waals surface area contributed by atoms with Crippen molar-refractivity contribution in [3.05, 3.63) is 64.1 Å². The first kappa shape index (κ1) is 16.0. The van der Waals surface area contributed by atoms with Crippen LogP contribution < -0.4 is 0 Å². The molecule has 0 bridgehead atoms. The summed E-state index contributed by atoms with van der Waals surface area (Å²) in [5.41, 5.74) is 1.39. The van der Waals surface area contributed by atoms with E-state index in [9.17, 15) is 4.39 Å². The largest absolute Gasteiger partial charge is 0.296 e. The Morgan fingerprint density at radius 1 is 1.17 bits per heavy atom. The van der Waals surface area contributed by atoms with Gasteiger partial charge in [0.05, 0.1) is 5.69 Å². The second-order valence-electron chi connectivity index (χ2n) is 5.09. The van der Waals surface area contributed by atoms with Crippen molar-refractivity contribution in [1.29, 1.82) is 0 Å². The minimum Gasteiger partial charge on any atom is -0.296 e. The maximum Gasteiger partial charge on any atom is 0.188 e. The van der Waals surface area contributed by atoms with E-state index in [1.165, 1.54) is 17.4 Å². The van der Waals surface area contributed by atoms with Crippen LogP contribution in [0.5, 0.6) is 0 Å². The van der Waals surface area contributed by atoms with Gasteiger partial charge in [0.25, 0.3) is 0 Å². The highest BCUT2D eigenvalue weighted by Gasteiger charge is 2.12. The van der Waals surface area contributed by atoms with Crippen LogP contribution in [0.3, 0.4) is 0 Å². The molecule has 2 heterocycles. The van der Waals surface area contributed by atoms with Crippen LogP contribution in [0.2, 0.25) is 5.02 Å². The number of hydrogen-bond donors (Lipinski definition) is 0. The van der Waals surface area contributed by atoms with Gasteiger partial charge in [0.1, 0.15) is 5.82 Å². The second-order valence-corrected chi connectivity index (χ2v) is 6.35. The molecule has 1 aromatic carbocycles. The maximum atomic E-state index is 13.8. The third-order valence-corrected chi connectivity index (χ3v) is 4.47. The smallest absolute Gasteiger partial charge is 0.188 e. The number of thiazole rings is 1. The number of aromatic nitrogens is 3. The maximum absolute atomic E-state index is 13.8. The van der Waals surface area contributed by atoms with E-state index in [1.807, 2.05) is 17.3 Å². The average molecular weight is 349 g/mol. The first-order valence-electron chi connectivity index (χ1n) is 6.96. The van der Waals surface area contributed by atoms with Crippen LogP contribution in [0.4, 0.5) is 4.39 Å². The van der Waals surface area contributed by atoms with Crippen LogP contribution >= 0.6 is 22.9 Å². The number of benzene rings is 1. The van der Waals surface area contributed by atoms with Gasteiger partial charge in [0.15, 0.2) is 10.8 Å². The van der Waals surface area contributed by atoms with Crippen LogP contribution in [0.25, 0.3) is 10.8 Å². The van der Waals surface area contributed by atoms with Gasteiger partial charge in [-0.2, -0.15) is 0 Å². The fourth-order valence-corrected chi connectivity index (χ4v) is 3.16. The van der Waals surface area contributed by atoms with E-state index < -0.39 is 0 Å². The minimum atomic E-state index is -0.291. The van der Waals surface area contributed by atoms with E-state index >= 15 is 0 Å². The Kier molecular flexibility index (Phi) is 4.95. The molecule has 4 nitrogen and oxygen atoms in total. The van der Waals surface area contributed by atoms with Crippen LogP contribution in [-0.4, -0.2) is 26.9 Å². The highest BCUT2D eigenvalue weighted by Crippen LogP contribution is 2.23. The molecule has 0 atom stereocenters. The lowest BCUT2D eigenvalue weighted by Crippen LogP contribution is -2.18. The molecule has 0 saturated carbocycles. The van der Waals surface area contributed by atoms with Gasteiger partial charge in [-0.15, -0.1) is 11.3 Å². The van der Waals surface area contributed by atoms with Gasteiger partial charge >= 0.3 is 0 Å². The topological polar surface area (TPSA) is 41.9 Å². The Labute approximate surface area is 142 Å². The zero-order valence-corrected chi connectivity index (χ0v) is 14.0. The van der Waals surface area contributed by atoms with Gasteiger partial charge in [-0.25, -0.2) is 19.3 Å². The Morgan fingerprint density at radius 2 is 1.96 bits per heavy atom. The predicted molar refractivity (Wildman–Crippen MR) is 89.7 cm³/mol. The third kappa shape index (κ3) is 3.90. The van der Waals surface area contributed by atoms with Crippen LogP contribution in [0.15, 0.2) is 42.0 Å². The molecular weight excluding hydrogens is 335 g/mol. The van der Waals surface area contributed by atoms with Crippen LogP contribution in [0, 0.1) is 5.82 Å². The molecule has 0 aliphatic rings. The van der Waals surface area contributed by atoms with E-state index in [1.54, 1.807) is 30.6 Å².